The van der Waals surface area contributed by atoms with E-state index in [0.717, 1.165) is 218 Å². The van der Waals surface area contributed by atoms with Crippen LogP contribution in [0.25, 0.3) is 0 Å². The molecule has 2 heterocycles. The van der Waals surface area contributed by atoms with Gasteiger partial charge in [0.15, 0.2) is 0 Å². The van der Waals surface area contributed by atoms with Gasteiger partial charge in [0.1, 0.15) is 38.1 Å². The SMILES string of the molecule is CCC(C)(C)CCNC(=O)COC1C#CCCCCC1.CCC(C)(C)CCOCCOCCNC(=O)OCC1[C@H]2CCC#CCC[C@@H]12.CCC(C)(C)Cc1ccc(CNC(=O)COC2C#CCCCCC2)cc1.CNC(C)(C)CCC(=O)N1Cc2ccccc2C#Cc2ccccc21.CNC(C)(C)CCCCC(=O)N1Cc2ccccc2C#Cc2ccccc21.CNC(C)(C)CCOCCNC(=O)COC1C#CCCCCC1. The van der Waals surface area contributed by atoms with Crippen molar-refractivity contribution < 1.29 is 61.9 Å². The Hall–Kier alpha value is -10.3. The van der Waals surface area contributed by atoms with E-state index in [9.17, 15) is 28.8 Å². The van der Waals surface area contributed by atoms with Crippen LogP contribution < -0.4 is 47.0 Å². The Morgan fingerprint density at radius 1 is 0.365 bits per heavy atom. The maximum Gasteiger partial charge on any atom is 0.407 e. The molecule has 4 unspecified atom stereocenters. The second kappa shape index (κ2) is 68.5. The highest BCUT2D eigenvalue weighted by Gasteiger charge is 2.49. The van der Waals surface area contributed by atoms with Crippen LogP contribution in [0.15, 0.2) is 121 Å². The minimum Gasteiger partial charge on any atom is -0.449 e. The van der Waals surface area contributed by atoms with Gasteiger partial charge in [-0.25, -0.2) is 4.79 Å². The van der Waals surface area contributed by atoms with Gasteiger partial charge in [0.05, 0.1) is 57.5 Å². The molecule has 12 rings (SSSR count). The molecule has 22 nitrogen and oxygen atoms in total. The van der Waals surface area contributed by atoms with Crippen molar-refractivity contribution in [3.8, 4) is 71.0 Å². The Morgan fingerprint density at radius 3 is 1.25 bits per heavy atom. The molecule has 5 aromatic rings. The molecule has 810 valence electrons. The summed E-state index contributed by atoms with van der Waals surface area (Å²) in [5.74, 6) is 40.1. The number of nitrogens with one attached hydrogen (secondary N) is 7. The second-order valence-electron chi connectivity index (χ2n) is 44.1. The maximum absolute atomic E-state index is 13.1. The number of unbranched alkanes of at least 4 members (excludes halogenated alkanes) is 1. The number of hydrogen-bond donors (Lipinski definition) is 7. The van der Waals surface area contributed by atoms with E-state index in [0.29, 0.717) is 119 Å². The Kier molecular flexibility index (Phi) is 57.7. The average molecular weight is 2030 g/mol. The number of anilines is 2. The normalized spacial score (nSPS) is 17.5. The van der Waals surface area contributed by atoms with E-state index in [1.54, 1.807) is 0 Å². The number of carbonyl (C=O) groups is 6. The largest absolute Gasteiger partial charge is 0.449 e. The van der Waals surface area contributed by atoms with Crippen LogP contribution in [-0.2, 0) is 83.2 Å². The van der Waals surface area contributed by atoms with Crippen molar-refractivity contribution in [1.29, 1.82) is 0 Å². The Labute approximate surface area is 892 Å². The summed E-state index contributed by atoms with van der Waals surface area (Å²) in [6.45, 7) is 40.8. The first-order valence-electron chi connectivity index (χ1n) is 55.4. The number of hydrogen-bond acceptors (Lipinski definition) is 16. The minimum atomic E-state index is -0.341. The van der Waals surface area contributed by atoms with Crippen molar-refractivity contribution in [2.75, 3.05) is 117 Å². The van der Waals surface area contributed by atoms with Crippen LogP contribution in [0.2, 0.25) is 0 Å². The molecule has 0 saturated heterocycles. The Bertz CT molecular complexity index is 5200. The zero-order valence-corrected chi connectivity index (χ0v) is 93.7. The van der Waals surface area contributed by atoms with Crippen molar-refractivity contribution in [1.82, 2.24) is 37.2 Å². The van der Waals surface area contributed by atoms with Gasteiger partial charge in [0.25, 0.3) is 0 Å². The summed E-state index contributed by atoms with van der Waals surface area (Å²) >= 11 is 0. The average Bonchev–Trinajstić information content (AvgIpc) is 1.62. The molecule has 148 heavy (non-hydrogen) atoms. The molecule has 22 heteroatoms. The van der Waals surface area contributed by atoms with E-state index in [-0.39, 0.29) is 90.4 Å². The highest BCUT2D eigenvalue weighted by atomic mass is 16.6. The maximum atomic E-state index is 13.1. The van der Waals surface area contributed by atoms with Crippen LogP contribution in [0.4, 0.5) is 16.2 Å². The lowest BCUT2D eigenvalue weighted by Gasteiger charge is -2.28. The number of fused-ring (bicyclic) bond motifs is 5. The van der Waals surface area contributed by atoms with E-state index < -0.39 is 0 Å². The van der Waals surface area contributed by atoms with Crippen molar-refractivity contribution in [2.45, 2.75) is 364 Å². The summed E-state index contributed by atoms with van der Waals surface area (Å²) in [5, 5.41) is 21.2. The highest BCUT2D eigenvalue weighted by molar-refractivity contribution is 5.96. The molecule has 2 aliphatic heterocycles. The number of benzene rings is 5. The number of rotatable bonds is 47. The first-order chi connectivity index (χ1) is 71.1. The summed E-state index contributed by atoms with van der Waals surface area (Å²) in [7, 11) is 5.86. The molecule has 0 bridgehead atoms. The number of para-hydroxylation sites is 2. The van der Waals surface area contributed by atoms with Gasteiger partial charge >= 0.3 is 6.09 Å². The van der Waals surface area contributed by atoms with Crippen LogP contribution in [0, 0.1) is 105 Å². The Balaban J connectivity index is 0.000000241. The van der Waals surface area contributed by atoms with Gasteiger partial charge in [-0.15, -0.1) is 29.6 Å². The van der Waals surface area contributed by atoms with Gasteiger partial charge in [0.2, 0.25) is 29.5 Å². The zero-order valence-electron chi connectivity index (χ0n) is 93.7. The van der Waals surface area contributed by atoms with Crippen molar-refractivity contribution >= 4 is 47.0 Å². The van der Waals surface area contributed by atoms with Gasteiger partial charge < -0.3 is 80.2 Å². The first-order valence-corrected chi connectivity index (χ1v) is 55.4. The third kappa shape index (κ3) is 51.5. The smallest absolute Gasteiger partial charge is 0.407 e. The number of amides is 6. The first kappa shape index (κ1) is 125. The predicted molar refractivity (Wildman–Crippen MR) is 602 cm³/mol. The van der Waals surface area contributed by atoms with E-state index in [1.165, 1.54) is 44.1 Å². The zero-order chi connectivity index (χ0) is 107. The second-order valence-corrected chi connectivity index (χ2v) is 44.1. The molecular weight excluding hydrogens is 1850 g/mol. The topological polar surface area (TPSA) is 258 Å². The number of nitrogens with zero attached hydrogens (tertiary/aromatic N) is 2. The summed E-state index contributed by atoms with van der Waals surface area (Å²) in [5.41, 5.74) is 11.4. The highest BCUT2D eigenvalue weighted by Crippen LogP contribution is 2.52. The third-order valence-electron chi connectivity index (χ3n) is 29.3. The minimum absolute atomic E-state index is 0.0271. The molecule has 1 saturated carbocycles. The van der Waals surface area contributed by atoms with Crippen LogP contribution in [0.5, 0.6) is 0 Å². The molecule has 6 amide bonds. The summed E-state index contributed by atoms with van der Waals surface area (Å²) < 4.78 is 38.8. The summed E-state index contributed by atoms with van der Waals surface area (Å²) in [6.07, 6.45) is 32.2. The van der Waals surface area contributed by atoms with E-state index in [2.05, 4.69) is 249 Å². The molecule has 1 fully saturated rings. The van der Waals surface area contributed by atoms with E-state index >= 15 is 0 Å². The van der Waals surface area contributed by atoms with Gasteiger partial charge in [-0.05, 0) is 271 Å². The fourth-order valence-electron chi connectivity index (χ4n) is 17.0. The van der Waals surface area contributed by atoms with Gasteiger partial charge in [-0.1, -0.05) is 234 Å². The number of ether oxygens (including phenoxy) is 7. The molecule has 0 aromatic heterocycles. The molecule has 5 aromatic carbocycles. The molecule has 7 aliphatic rings. The number of alkyl carbamates (subject to hydrolysis) is 1. The lowest BCUT2D eigenvalue weighted by molar-refractivity contribution is -0.127. The monoisotopic (exact) mass is 2030 g/mol. The van der Waals surface area contributed by atoms with Gasteiger partial charge in [-0.2, -0.15) is 0 Å². The molecular formula is C126H183N9O13. The fraction of sp³-hybridized carbons (Fsp3) is 0.619. The van der Waals surface area contributed by atoms with Crippen LogP contribution in [0.3, 0.4) is 0 Å². The fourth-order valence-corrected chi connectivity index (χ4v) is 17.0. The lowest BCUT2D eigenvalue weighted by atomic mass is 9.83. The molecule has 5 aliphatic carbocycles. The molecule has 0 spiro atoms. The standard InChI is InChI=1S/C24H28N2O.C23H33NO2.C22H24N2O.C22H37NO4.C18H32N2O3.C17H29NO2/c1-24(2,25-3)17-9-8-14-23(27)26-18-21-12-5-4-10-19(21)15-16-20-11-6-7-13-22(20)26;1-4-23(2,3)16-19-12-14-20(15-13-19)17-24-22(25)18-26-21-10-8-6-5-7-9-11-21;1-22(2,23-3)15-14-21(25)24-16-19-10-5-4-8-17(19)12-13-18-9-6-7-11-20(18)24;1-4-22(2,3)11-13-25-15-16-26-14-12-23-21(24)27-17-20-18-9-7-5-6-8-10-19(18)20;1-18(2,19-3)11-13-22-14-12-20-17(21)15-23-16-9-7-5-4-6-8-10-16;1-4-17(2,3)12-13-18-16(19)14-20-15-10-8-6-5-7-9-11-15/h4-7,10-13,25H,8-9,14,17-18H2,1-3H3;12-15,21H,4-8,10,16-18H2,1-3H3,(H,24,25);4-11,23H,14-16H2,1-3H3;18-20H,4,7-17H2,1-3H3,(H,23,24);16,19H,4-7,9,11-15H2,1-3H3,(H,20,21);15H,4-8,10,12-14H2,1-3H3,(H,18,19)/t;;;18-,19+,20?;;. The summed E-state index contributed by atoms with van der Waals surface area (Å²) in [6, 6.07) is 40.5. The van der Waals surface area contributed by atoms with E-state index in [4.69, 9.17) is 33.2 Å². The lowest BCUT2D eigenvalue weighted by Crippen LogP contribution is -2.39. The Morgan fingerprint density at radius 2 is 0.764 bits per heavy atom. The molecule has 0 radical (unpaired) electrons. The summed E-state index contributed by atoms with van der Waals surface area (Å²) in [4.78, 5) is 77.2. The predicted octanol–water partition coefficient (Wildman–Crippen LogP) is 22.0. The number of carbonyl (C=O) groups excluding carboxylic acids is 6. The van der Waals surface area contributed by atoms with Crippen LogP contribution in [-0.4, -0.2) is 177 Å². The van der Waals surface area contributed by atoms with E-state index in [1.807, 2.05) is 116 Å². The molecule has 6 atom stereocenters. The van der Waals surface area contributed by atoms with Gasteiger partial charge in [0, 0.05) is 123 Å². The van der Waals surface area contributed by atoms with Crippen molar-refractivity contribution in [3.05, 3.63) is 166 Å². The van der Waals surface area contributed by atoms with Gasteiger partial charge in [-0.3, -0.25) is 24.0 Å². The van der Waals surface area contributed by atoms with Crippen LogP contribution in [0.1, 0.15) is 347 Å². The quantitative estimate of drug-likeness (QED) is 0.0141. The third-order valence-corrected chi connectivity index (χ3v) is 29.3. The van der Waals surface area contributed by atoms with Crippen LogP contribution >= 0.6 is 0 Å². The molecule has 7 N–H and O–H groups in total. The van der Waals surface area contributed by atoms with Crippen molar-refractivity contribution in [3.63, 3.8) is 0 Å². The van der Waals surface area contributed by atoms with Crippen molar-refractivity contribution in [2.24, 2.45) is 34.0 Å².